The van der Waals surface area contributed by atoms with Crippen LogP contribution in [-0.2, 0) is 10.0 Å². The molecule has 0 aliphatic carbocycles. The molecule has 5 N–H and O–H groups in total. The SMILES string of the molecule is Cc1ccc(Oc2ccc3ccnc(N)c3c2)c(NC(=O)c2ccc(-c3ccccc3S(N)(=O)=O)cc2)c1. The first-order chi connectivity index (χ1) is 18.2. The number of hydrogen-bond acceptors (Lipinski definition) is 6. The van der Waals surface area contributed by atoms with Crippen molar-refractivity contribution < 1.29 is 17.9 Å². The van der Waals surface area contributed by atoms with Gasteiger partial charge in [-0.2, -0.15) is 0 Å². The lowest BCUT2D eigenvalue weighted by molar-refractivity contribution is 0.102. The standard InChI is InChI=1S/C29H24N4O4S/c1-18-6-13-26(37-22-12-11-20-14-15-32-28(30)24(20)17-22)25(16-18)33-29(34)21-9-7-19(8-10-21)23-4-2-3-5-27(23)38(31,35)36/h2-17H,1H3,(H2,30,32)(H,33,34)(H2,31,35,36). The van der Waals surface area contributed by atoms with Gasteiger partial charge in [0.25, 0.3) is 5.91 Å². The van der Waals surface area contributed by atoms with Gasteiger partial charge < -0.3 is 15.8 Å². The Hall–Kier alpha value is -4.73. The van der Waals surface area contributed by atoms with Crippen LogP contribution in [0.25, 0.3) is 21.9 Å². The van der Waals surface area contributed by atoms with Crippen molar-refractivity contribution >= 4 is 38.2 Å². The van der Waals surface area contributed by atoms with E-state index in [0.717, 1.165) is 16.3 Å². The first-order valence-corrected chi connectivity index (χ1v) is 13.2. The molecule has 0 atom stereocenters. The Bertz CT molecular complexity index is 1790. The molecule has 0 saturated carbocycles. The first kappa shape index (κ1) is 24.9. The van der Waals surface area contributed by atoms with E-state index in [2.05, 4.69) is 10.3 Å². The molecule has 9 heteroatoms. The van der Waals surface area contributed by atoms with Gasteiger partial charge in [0.1, 0.15) is 11.6 Å². The highest BCUT2D eigenvalue weighted by molar-refractivity contribution is 7.89. The number of amides is 1. The van der Waals surface area contributed by atoms with Crippen LogP contribution in [0.15, 0.2) is 102 Å². The third kappa shape index (κ3) is 5.19. The summed E-state index contributed by atoms with van der Waals surface area (Å²) in [4.78, 5) is 17.3. The van der Waals surface area contributed by atoms with Gasteiger partial charge >= 0.3 is 0 Å². The number of aryl methyl sites for hydroxylation is 1. The number of pyridine rings is 1. The lowest BCUT2D eigenvalue weighted by atomic mass is 10.0. The molecule has 4 aromatic carbocycles. The summed E-state index contributed by atoms with van der Waals surface area (Å²) in [6, 6.07) is 26.0. The van der Waals surface area contributed by atoms with Gasteiger partial charge in [0.15, 0.2) is 5.75 Å². The van der Waals surface area contributed by atoms with E-state index < -0.39 is 10.0 Å². The Labute approximate surface area is 219 Å². The number of rotatable bonds is 6. The summed E-state index contributed by atoms with van der Waals surface area (Å²) >= 11 is 0. The molecule has 38 heavy (non-hydrogen) atoms. The maximum atomic E-state index is 13.1. The number of primary sulfonamides is 1. The smallest absolute Gasteiger partial charge is 0.255 e. The van der Waals surface area contributed by atoms with Crippen molar-refractivity contribution in [3.8, 4) is 22.6 Å². The number of anilines is 2. The Kier molecular flexibility index (Phi) is 6.54. The van der Waals surface area contributed by atoms with Crippen molar-refractivity contribution in [3.63, 3.8) is 0 Å². The largest absolute Gasteiger partial charge is 0.455 e. The molecular formula is C29H24N4O4S. The van der Waals surface area contributed by atoms with Gasteiger partial charge in [-0.1, -0.05) is 42.5 Å². The molecule has 0 bridgehead atoms. The molecule has 0 spiro atoms. The third-order valence-electron chi connectivity index (χ3n) is 6.03. The van der Waals surface area contributed by atoms with E-state index in [-0.39, 0.29) is 10.8 Å². The molecule has 0 aliphatic rings. The summed E-state index contributed by atoms with van der Waals surface area (Å²) in [5.41, 5.74) is 8.92. The van der Waals surface area contributed by atoms with Crippen molar-refractivity contribution in [2.75, 3.05) is 11.1 Å². The fourth-order valence-corrected chi connectivity index (χ4v) is 4.90. The van der Waals surface area contributed by atoms with E-state index in [4.69, 9.17) is 15.6 Å². The average molecular weight is 525 g/mol. The lowest BCUT2D eigenvalue weighted by Gasteiger charge is -2.14. The van der Waals surface area contributed by atoms with Crippen molar-refractivity contribution in [3.05, 3.63) is 108 Å². The van der Waals surface area contributed by atoms with Gasteiger partial charge in [0, 0.05) is 22.7 Å². The summed E-state index contributed by atoms with van der Waals surface area (Å²) in [5, 5.41) is 9.99. The van der Waals surface area contributed by atoms with Crippen LogP contribution in [-0.4, -0.2) is 19.3 Å². The number of nitrogens with zero attached hydrogens (tertiary/aromatic N) is 1. The van der Waals surface area contributed by atoms with Gasteiger partial charge in [-0.3, -0.25) is 4.79 Å². The minimum Gasteiger partial charge on any atom is -0.455 e. The van der Waals surface area contributed by atoms with Crippen molar-refractivity contribution in [1.29, 1.82) is 0 Å². The maximum Gasteiger partial charge on any atom is 0.255 e. The average Bonchev–Trinajstić information content (AvgIpc) is 2.90. The van der Waals surface area contributed by atoms with Crippen LogP contribution in [0.2, 0.25) is 0 Å². The molecule has 0 radical (unpaired) electrons. The number of fused-ring (bicyclic) bond motifs is 1. The number of benzene rings is 4. The minimum atomic E-state index is -3.90. The summed E-state index contributed by atoms with van der Waals surface area (Å²) in [7, 11) is -3.90. The number of nitrogens with two attached hydrogens (primary N) is 2. The molecule has 8 nitrogen and oxygen atoms in total. The molecule has 1 heterocycles. The van der Waals surface area contributed by atoms with E-state index in [0.29, 0.717) is 39.7 Å². The number of ether oxygens (including phenoxy) is 1. The van der Waals surface area contributed by atoms with Crippen LogP contribution >= 0.6 is 0 Å². The Morgan fingerprint density at radius 3 is 2.45 bits per heavy atom. The number of carbonyl (C=O) groups excluding carboxylic acids is 1. The molecule has 0 saturated heterocycles. The van der Waals surface area contributed by atoms with E-state index in [1.165, 1.54) is 6.07 Å². The zero-order valence-corrected chi connectivity index (χ0v) is 21.2. The molecule has 0 aliphatic heterocycles. The summed E-state index contributed by atoms with van der Waals surface area (Å²) < 4.78 is 30.1. The summed E-state index contributed by atoms with van der Waals surface area (Å²) in [5.74, 6) is 1.07. The predicted octanol–water partition coefficient (Wildman–Crippen LogP) is 5.48. The van der Waals surface area contributed by atoms with Crippen LogP contribution in [0.3, 0.4) is 0 Å². The Morgan fingerprint density at radius 2 is 1.68 bits per heavy atom. The molecular weight excluding hydrogens is 500 g/mol. The van der Waals surface area contributed by atoms with Gasteiger partial charge in [0.05, 0.1) is 10.6 Å². The van der Waals surface area contributed by atoms with Crippen LogP contribution in [0, 0.1) is 6.92 Å². The van der Waals surface area contributed by atoms with Crippen LogP contribution < -0.4 is 20.9 Å². The third-order valence-corrected chi connectivity index (χ3v) is 7.00. The van der Waals surface area contributed by atoms with Crippen molar-refractivity contribution in [2.24, 2.45) is 5.14 Å². The zero-order chi connectivity index (χ0) is 26.9. The summed E-state index contributed by atoms with van der Waals surface area (Å²) in [6.45, 7) is 1.92. The fourth-order valence-electron chi connectivity index (χ4n) is 4.14. The number of nitrogens with one attached hydrogen (secondary N) is 1. The monoisotopic (exact) mass is 524 g/mol. The van der Waals surface area contributed by atoms with Crippen LogP contribution in [0.5, 0.6) is 11.5 Å². The number of aromatic nitrogens is 1. The minimum absolute atomic E-state index is 0.0185. The van der Waals surface area contributed by atoms with Crippen molar-refractivity contribution in [1.82, 2.24) is 4.98 Å². The molecule has 5 rings (SSSR count). The number of nitrogen functional groups attached to an aromatic ring is 1. The summed E-state index contributed by atoms with van der Waals surface area (Å²) in [6.07, 6.45) is 1.65. The van der Waals surface area contributed by atoms with Gasteiger partial charge in [-0.15, -0.1) is 0 Å². The van der Waals surface area contributed by atoms with Crippen LogP contribution in [0.4, 0.5) is 11.5 Å². The lowest BCUT2D eigenvalue weighted by Crippen LogP contribution is -2.14. The molecule has 190 valence electrons. The molecule has 1 aromatic heterocycles. The topological polar surface area (TPSA) is 137 Å². The number of carbonyl (C=O) groups is 1. The Balaban J connectivity index is 1.40. The van der Waals surface area contributed by atoms with Gasteiger partial charge in [-0.05, 0) is 72.0 Å². The highest BCUT2D eigenvalue weighted by atomic mass is 32.2. The molecule has 0 unspecified atom stereocenters. The molecule has 0 fully saturated rings. The second-order valence-corrected chi connectivity index (χ2v) is 10.3. The van der Waals surface area contributed by atoms with Gasteiger partial charge in [-0.25, -0.2) is 18.5 Å². The number of hydrogen-bond donors (Lipinski definition) is 3. The Morgan fingerprint density at radius 1 is 0.921 bits per heavy atom. The van der Waals surface area contributed by atoms with E-state index in [1.54, 1.807) is 60.8 Å². The highest BCUT2D eigenvalue weighted by Crippen LogP contribution is 2.33. The normalized spacial score (nSPS) is 11.3. The van der Waals surface area contributed by atoms with E-state index in [9.17, 15) is 13.2 Å². The molecule has 1 amide bonds. The quantitative estimate of drug-likeness (QED) is 0.269. The maximum absolute atomic E-state index is 13.1. The van der Waals surface area contributed by atoms with E-state index >= 15 is 0 Å². The zero-order valence-electron chi connectivity index (χ0n) is 20.4. The molecule has 5 aromatic rings. The van der Waals surface area contributed by atoms with Crippen molar-refractivity contribution in [2.45, 2.75) is 11.8 Å². The number of sulfonamides is 1. The van der Waals surface area contributed by atoms with E-state index in [1.807, 2.05) is 37.3 Å². The first-order valence-electron chi connectivity index (χ1n) is 11.7. The van der Waals surface area contributed by atoms with Crippen LogP contribution in [0.1, 0.15) is 15.9 Å². The highest BCUT2D eigenvalue weighted by Gasteiger charge is 2.16. The second kappa shape index (κ2) is 9.97. The fraction of sp³-hybridized carbons (Fsp3) is 0.0345. The van der Waals surface area contributed by atoms with Gasteiger partial charge in [0.2, 0.25) is 10.0 Å². The second-order valence-electron chi connectivity index (χ2n) is 8.75. The predicted molar refractivity (Wildman–Crippen MR) is 149 cm³/mol.